The van der Waals surface area contributed by atoms with Crippen molar-refractivity contribution in [3.8, 4) is 17.0 Å². The van der Waals surface area contributed by atoms with Crippen molar-refractivity contribution >= 4 is 51.6 Å². The summed E-state index contributed by atoms with van der Waals surface area (Å²) in [5, 5.41) is 13.6. The summed E-state index contributed by atoms with van der Waals surface area (Å²) in [6, 6.07) is 3.11. The highest BCUT2D eigenvalue weighted by Gasteiger charge is 2.30. The standard InChI is InChI=1S/C24H30B3F3N6O2/c1-11-32-19-15(28)7-12(8-16(19)36(11)10-17(29)30)14-9-31-20-18(14)21(38-24(25,26)27)35-22(34-20)33-13-3-5-23(2,37)6-4-13/h7-9,13,17,37H,3-6,10,25-27H2,1-2H3,(H2,31,33,34,35)/t13-,23+. The minimum Gasteiger partial charge on any atom is -0.498 e. The molecule has 0 aliphatic heterocycles. The molecule has 3 aromatic heterocycles. The molecule has 8 nitrogen and oxygen atoms in total. The van der Waals surface area contributed by atoms with E-state index in [1.165, 1.54) is 10.6 Å². The van der Waals surface area contributed by atoms with Gasteiger partial charge in [0.2, 0.25) is 11.8 Å². The molecule has 0 unspecified atom stereocenters. The lowest BCUT2D eigenvalue weighted by atomic mass is 9.52. The Kier molecular flexibility index (Phi) is 6.65. The van der Waals surface area contributed by atoms with Crippen LogP contribution in [0.1, 0.15) is 38.4 Å². The molecular weight excluding hydrogens is 494 g/mol. The molecule has 0 spiro atoms. The molecule has 3 N–H and O–H groups in total. The van der Waals surface area contributed by atoms with Gasteiger partial charge in [0.15, 0.2) is 5.82 Å². The van der Waals surface area contributed by atoms with E-state index in [2.05, 4.69) is 25.3 Å². The highest BCUT2D eigenvalue weighted by molar-refractivity contribution is 6.58. The second-order valence-electron chi connectivity index (χ2n) is 11.4. The van der Waals surface area contributed by atoms with E-state index in [0.717, 1.165) is 12.8 Å². The molecule has 1 aromatic carbocycles. The van der Waals surface area contributed by atoms with Gasteiger partial charge in [0.25, 0.3) is 6.43 Å². The van der Waals surface area contributed by atoms with Crippen molar-refractivity contribution in [3.05, 3.63) is 30.0 Å². The van der Waals surface area contributed by atoms with E-state index in [9.17, 15) is 13.9 Å². The fraction of sp³-hybridized carbons (Fsp3) is 0.458. The molecule has 0 bridgehead atoms. The van der Waals surface area contributed by atoms with Crippen molar-refractivity contribution < 1.29 is 23.0 Å². The van der Waals surface area contributed by atoms with Gasteiger partial charge in [-0.1, -0.05) is 0 Å². The maximum atomic E-state index is 15.2. The number of hydrogen-bond donors (Lipinski definition) is 3. The third-order valence-electron chi connectivity index (χ3n) is 6.93. The van der Waals surface area contributed by atoms with Gasteiger partial charge in [0.1, 0.15) is 40.5 Å². The van der Waals surface area contributed by atoms with Crippen LogP contribution < -0.4 is 10.1 Å². The molecule has 0 amide bonds. The Morgan fingerprint density at radius 1 is 1.24 bits per heavy atom. The minimum absolute atomic E-state index is 0.0482. The Labute approximate surface area is 221 Å². The van der Waals surface area contributed by atoms with Crippen LogP contribution in [0, 0.1) is 12.7 Å². The molecule has 0 radical (unpaired) electrons. The SMILES string of the molecule is BC(B)(B)Oc1nc(N[C@H]2CC[C@@](C)(O)CC2)nc2[nH]cc(-c3cc(F)c4nc(C)n(CC(F)F)c4c3)c12. The number of benzene rings is 1. The summed E-state index contributed by atoms with van der Waals surface area (Å²) in [4.78, 5) is 16.7. The zero-order valence-corrected chi connectivity index (χ0v) is 22.2. The summed E-state index contributed by atoms with van der Waals surface area (Å²) < 4.78 is 49.2. The zero-order valence-electron chi connectivity index (χ0n) is 22.2. The average molecular weight is 524 g/mol. The van der Waals surface area contributed by atoms with Crippen molar-refractivity contribution in [3.63, 3.8) is 0 Å². The largest absolute Gasteiger partial charge is 0.498 e. The maximum absolute atomic E-state index is 15.2. The van der Waals surface area contributed by atoms with E-state index >= 15 is 4.39 Å². The number of hydrogen-bond acceptors (Lipinski definition) is 6. The third-order valence-corrected chi connectivity index (χ3v) is 6.93. The number of nitrogens with one attached hydrogen (secondary N) is 2. The van der Waals surface area contributed by atoms with Crippen molar-refractivity contribution in [1.82, 2.24) is 24.5 Å². The first kappa shape index (κ1) is 26.5. The maximum Gasteiger partial charge on any atom is 0.256 e. The Bertz CT molecular complexity index is 1490. The van der Waals surface area contributed by atoms with Gasteiger partial charge >= 0.3 is 0 Å². The van der Waals surface area contributed by atoms with Crippen LogP contribution in [0.15, 0.2) is 18.3 Å². The monoisotopic (exact) mass is 524 g/mol. The first-order valence-corrected chi connectivity index (χ1v) is 12.8. The molecule has 38 heavy (non-hydrogen) atoms. The Hall–Kier alpha value is -3.15. The number of rotatable bonds is 7. The zero-order chi connectivity index (χ0) is 27.4. The number of aromatic nitrogens is 5. The summed E-state index contributed by atoms with van der Waals surface area (Å²) in [5.74, 6) is 0.426. The van der Waals surface area contributed by atoms with Gasteiger partial charge in [-0.15, -0.1) is 0 Å². The van der Waals surface area contributed by atoms with E-state index in [-0.39, 0.29) is 17.1 Å². The van der Waals surface area contributed by atoms with Gasteiger partial charge in [-0.2, -0.15) is 9.97 Å². The second-order valence-corrected chi connectivity index (χ2v) is 11.4. The lowest BCUT2D eigenvalue weighted by Crippen LogP contribution is -2.38. The van der Waals surface area contributed by atoms with E-state index in [0.29, 0.717) is 52.7 Å². The van der Waals surface area contributed by atoms with Crippen LogP contribution in [0.2, 0.25) is 0 Å². The van der Waals surface area contributed by atoms with Crippen LogP contribution in [-0.4, -0.2) is 76.5 Å². The van der Waals surface area contributed by atoms with Gasteiger partial charge in [0, 0.05) is 23.1 Å². The number of aryl methyl sites for hydroxylation is 1. The molecular formula is C24H30B3F3N6O2. The molecule has 4 aromatic rings. The van der Waals surface area contributed by atoms with Crippen molar-refractivity contribution in [2.24, 2.45) is 0 Å². The van der Waals surface area contributed by atoms with E-state index in [1.54, 1.807) is 19.2 Å². The minimum atomic E-state index is -2.60. The first-order valence-electron chi connectivity index (χ1n) is 12.8. The Morgan fingerprint density at radius 3 is 2.61 bits per heavy atom. The number of anilines is 1. The molecule has 0 atom stereocenters. The van der Waals surface area contributed by atoms with Crippen molar-refractivity contribution in [1.29, 1.82) is 0 Å². The lowest BCUT2D eigenvalue weighted by molar-refractivity contribution is 0.0195. The number of H-pyrrole nitrogens is 1. The summed E-state index contributed by atoms with van der Waals surface area (Å²) in [6.45, 7) is 2.86. The molecule has 3 heterocycles. The number of imidazole rings is 1. The molecule has 198 valence electrons. The summed E-state index contributed by atoms with van der Waals surface area (Å²) in [6.07, 6.45) is 2.02. The predicted molar refractivity (Wildman–Crippen MR) is 149 cm³/mol. The molecule has 1 aliphatic carbocycles. The van der Waals surface area contributed by atoms with Crippen LogP contribution in [0.3, 0.4) is 0 Å². The Morgan fingerprint density at radius 2 is 1.95 bits per heavy atom. The molecule has 1 aliphatic rings. The molecule has 1 saturated carbocycles. The average Bonchev–Trinajstić information content (AvgIpc) is 3.36. The first-order chi connectivity index (χ1) is 17.8. The van der Waals surface area contributed by atoms with Crippen LogP contribution in [0.25, 0.3) is 33.2 Å². The van der Waals surface area contributed by atoms with E-state index in [1.807, 2.05) is 30.5 Å². The summed E-state index contributed by atoms with van der Waals surface area (Å²) >= 11 is 0. The van der Waals surface area contributed by atoms with Gasteiger partial charge in [-0.05, 0) is 57.2 Å². The second kappa shape index (κ2) is 9.55. The van der Waals surface area contributed by atoms with Gasteiger partial charge in [0.05, 0.1) is 23.0 Å². The van der Waals surface area contributed by atoms with E-state index < -0.39 is 29.7 Å². The predicted octanol–water partition coefficient (Wildman–Crippen LogP) is 1.68. The van der Waals surface area contributed by atoms with Crippen LogP contribution in [0.5, 0.6) is 5.88 Å². The van der Waals surface area contributed by atoms with Gasteiger partial charge < -0.3 is 24.7 Å². The quantitative estimate of drug-likeness (QED) is 0.319. The number of halogens is 3. The number of aromatic amines is 1. The lowest BCUT2D eigenvalue weighted by Gasteiger charge is -2.33. The number of fused-ring (bicyclic) bond motifs is 2. The summed E-state index contributed by atoms with van der Waals surface area (Å²) in [7, 11) is 5.71. The smallest absolute Gasteiger partial charge is 0.256 e. The number of alkyl halides is 2. The normalized spacial score (nSPS) is 20.4. The topological polar surface area (TPSA) is 101 Å². The van der Waals surface area contributed by atoms with Crippen LogP contribution >= 0.6 is 0 Å². The molecule has 0 saturated heterocycles. The van der Waals surface area contributed by atoms with Crippen molar-refractivity contribution in [2.75, 3.05) is 5.32 Å². The van der Waals surface area contributed by atoms with Crippen LogP contribution in [0.4, 0.5) is 19.1 Å². The fourth-order valence-electron chi connectivity index (χ4n) is 5.04. The number of nitrogens with zero attached hydrogens (tertiary/aromatic N) is 4. The molecule has 5 rings (SSSR count). The molecule has 1 fully saturated rings. The van der Waals surface area contributed by atoms with Gasteiger partial charge in [-0.25, -0.2) is 18.2 Å². The fourth-order valence-corrected chi connectivity index (χ4v) is 5.04. The highest BCUT2D eigenvalue weighted by Crippen LogP contribution is 2.38. The highest BCUT2D eigenvalue weighted by atomic mass is 19.3. The molecule has 14 heteroatoms. The van der Waals surface area contributed by atoms with E-state index in [4.69, 9.17) is 4.74 Å². The number of aliphatic hydroxyl groups is 1. The van der Waals surface area contributed by atoms with Crippen molar-refractivity contribution in [2.45, 2.75) is 69.4 Å². The van der Waals surface area contributed by atoms with Crippen LogP contribution in [-0.2, 0) is 6.54 Å². The Balaban J connectivity index is 1.59. The number of ether oxygens (including phenoxy) is 1. The summed E-state index contributed by atoms with van der Waals surface area (Å²) in [5.41, 5.74) is 1.23. The van der Waals surface area contributed by atoms with Gasteiger partial charge in [-0.3, -0.25) is 0 Å². The third kappa shape index (κ3) is 5.36.